The summed E-state index contributed by atoms with van der Waals surface area (Å²) in [6, 6.07) is 2.61. The highest BCUT2D eigenvalue weighted by Crippen LogP contribution is 2.14. The van der Waals surface area contributed by atoms with Crippen LogP contribution in [0, 0.1) is 0 Å². The van der Waals surface area contributed by atoms with Crippen LogP contribution in [0.15, 0.2) is 12.3 Å². The molecule has 1 aromatic rings. The second-order valence-electron chi connectivity index (χ2n) is 4.39. The Hall–Kier alpha value is -0.540. The molecule has 1 heterocycles. The van der Waals surface area contributed by atoms with E-state index in [2.05, 4.69) is 48.1 Å². The Kier molecular flexibility index (Phi) is 6.60. The molecule has 0 radical (unpaired) electrons. The van der Waals surface area contributed by atoms with E-state index in [1.807, 2.05) is 0 Å². The first-order chi connectivity index (χ1) is 8.21. The standard InChI is InChI=1S/C13H24ClN3/c1-4-11(14)9-15-10-12-7-8-17(16-12)13(5-2)6-3/h7-8,11,13,15H,4-6,9-10H2,1-3H3. The number of hydrogen-bond acceptors (Lipinski definition) is 2. The number of nitrogens with one attached hydrogen (secondary N) is 1. The van der Waals surface area contributed by atoms with Gasteiger partial charge in [-0.05, 0) is 25.3 Å². The Balaban J connectivity index is 2.40. The fourth-order valence-electron chi connectivity index (χ4n) is 1.84. The Bertz CT molecular complexity index is 307. The van der Waals surface area contributed by atoms with Crippen molar-refractivity contribution in [3.8, 4) is 0 Å². The van der Waals surface area contributed by atoms with Crippen molar-refractivity contribution in [2.75, 3.05) is 6.54 Å². The quantitative estimate of drug-likeness (QED) is 0.724. The summed E-state index contributed by atoms with van der Waals surface area (Å²) < 4.78 is 2.08. The Morgan fingerprint density at radius 1 is 1.29 bits per heavy atom. The van der Waals surface area contributed by atoms with Gasteiger partial charge in [-0.15, -0.1) is 11.6 Å². The van der Waals surface area contributed by atoms with Crippen molar-refractivity contribution in [2.45, 2.75) is 58.0 Å². The lowest BCUT2D eigenvalue weighted by atomic mass is 10.2. The summed E-state index contributed by atoms with van der Waals surface area (Å²) in [5.74, 6) is 0. The fourth-order valence-corrected chi connectivity index (χ4v) is 1.95. The second kappa shape index (κ2) is 7.72. The largest absolute Gasteiger partial charge is 0.310 e. The molecular formula is C13H24ClN3. The lowest BCUT2D eigenvalue weighted by Gasteiger charge is -2.12. The highest BCUT2D eigenvalue weighted by molar-refractivity contribution is 6.20. The predicted molar refractivity (Wildman–Crippen MR) is 73.5 cm³/mol. The van der Waals surface area contributed by atoms with Gasteiger partial charge < -0.3 is 5.32 Å². The first kappa shape index (κ1) is 14.5. The molecule has 0 saturated heterocycles. The summed E-state index contributed by atoms with van der Waals surface area (Å²) >= 11 is 6.04. The first-order valence-electron chi connectivity index (χ1n) is 6.60. The van der Waals surface area contributed by atoms with Crippen molar-refractivity contribution < 1.29 is 0 Å². The van der Waals surface area contributed by atoms with Crippen LogP contribution in [0.25, 0.3) is 0 Å². The highest BCUT2D eigenvalue weighted by atomic mass is 35.5. The van der Waals surface area contributed by atoms with E-state index in [9.17, 15) is 0 Å². The minimum atomic E-state index is 0.219. The molecule has 0 aliphatic rings. The summed E-state index contributed by atoms with van der Waals surface area (Å²) in [5.41, 5.74) is 1.09. The smallest absolute Gasteiger partial charge is 0.0762 e. The molecule has 0 aliphatic carbocycles. The molecule has 0 bridgehead atoms. The fraction of sp³-hybridized carbons (Fsp3) is 0.769. The topological polar surface area (TPSA) is 29.9 Å². The van der Waals surface area contributed by atoms with Crippen molar-refractivity contribution in [3.05, 3.63) is 18.0 Å². The van der Waals surface area contributed by atoms with E-state index in [-0.39, 0.29) is 5.38 Å². The molecule has 1 N–H and O–H groups in total. The van der Waals surface area contributed by atoms with E-state index in [0.717, 1.165) is 38.0 Å². The van der Waals surface area contributed by atoms with Crippen molar-refractivity contribution in [1.82, 2.24) is 15.1 Å². The monoisotopic (exact) mass is 257 g/mol. The maximum atomic E-state index is 6.04. The third kappa shape index (κ3) is 4.68. The van der Waals surface area contributed by atoms with Crippen molar-refractivity contribution in [1.29, 1.82) is 0 Å². The van der Waals surface area contributed by atoms with Crippen LogP contribution >= 0.6 is 11.6 Å². The molecule has 1 atom stereocenters. The molecule has 1 unspecified atom stereocenters. The molecule has 0 aliphatic heterocycles. The zero-order chi connectivity index (χ0) is 12.7. The second-order valence-corrected chi connectivity index (χ2v) is 5.01. The maximum absolute atomic E-state index is 6.04. The van der Waals surface area contributed by atoms with Gasteiger partial charge in [0.2, 0.25) is 0 Å². The van der Waals surface area contributed by atoms with Gasteiger partial charge >= 0.3 is 0 Å². The average Bonchev–Trinajstić information content (AvgIpc) is 2.79. The third-order valence-corrected chi connectivity index (χ3v) is 3.56. The number of halogens is 1. The molecule has 3 nitrogen and oxygen atoms in total. The van der Waals surface area contributed by atoms with E-state index < -0.39 is 0 Å². The molecule has 1 aromatic heterocycles. The average molecular weight is 258 g/mol. The highest BCUT2D eigenvalue weighted by Gasteiger charge is 2.08. The van der Waals surface area contributed by atoms with Crippen LogP contribution in [0.2, 0.25) is 0 Å². The lowest BCUT2D eigenvalue weighted by Crippen LogP contribution is -2.22. The summed E-state index contributed by atoms with van der Waals surface area (Å²) in [5, 5.41) is 8.14. The van der Waals surface area contributed by atoms with E-state index in [1.165, 1.54) is 0 Å². The SMILES string of the molecule is CCC(Cl)CNCc1ccn(C(CC)CC)n1. The zero-order valence-electron chi connectivity index (χ0n) is 11.1. The molecule has 0 amide bonds. The number of rotatable bonds is 8. The van der Waals surface area contributed by atoms with Crippen LogP contribution < -0.4 is 5.32 Å². The maximum Gasteiger partial charge on any atom is 0.0762 e. The van der Waals surface area contributed by atoms with Gasteiger partial charge in [0.1, 0.15) is 0 Å². The normalized spacial score (nSPS) is 13.2. The molecule has 4 heteroatoms. The molecule has 0 aromatic carbocycles. The van der Waals surface area contributed by atoms with Crippen molar-refractivity contribution in [2.24, 2.45) is 0 Å². The van der Waals surface area contributed by atoms with Gasteiger partial charge in [0.25, 0.3) is 0 Å². The van der Waals surface area contributed by atoms with Crippen molar-refractivity contribution in [3.63, 3.8) is 0 Å². The van der Waals surface area contributed by atoms with Gasteiger partial charge in [0.15, 0.2) is 0 Å². The van der Waals surface area contributed by atoms with Crippen LogP contribution in [0.1, 0.15) is 51.8 Å². The van der Waals surface area contributed by atoms with Crippen LogP contribution in [-0.2, 0) is 6.54 Å². The Morgan fingerprint density at radius 3 is 2.59 bits per heavy atom. The van der Waals surface area contributed by atoms with Crippen molar-refractivity contribution >= 4 is 11.6 Å². The zero-order valence-corrected chi connectivity index (χ0v) is 11.9. The minimum absolute atomic E-state index is 0.219. The predicted octanol–water partition coefficient (Wildman–Crippen LogP) is 3.35. The van der Waals surface area contributed by atoms with E-state index in [0.29, 0.717) is 6.04 Å². The van der Waals surface area contributed by atoms with E-state index in [4.69, 9.17) is 11.6 Å². The number of nitrogens with zero attached hydrogens (tertiary/aromatic N) is 2. The third-order valence-electron chi connectivity index (χ3n) is 3.10. The van der Waals surface area contributed by atoms with Crippen LogP contribution in [0.3, 0.4) is 0 Å². The molecule has 0 fully saturated rings. The van der Waals surface area contributed by atoms with E-state index in [1.54, 1.807) is 0 Å². The molecule has 98 valence electrons. The summed E-state index contributed by atoms with van der Waals surface area (Å²) in [6.45, 7) is 8.15. The van der Waals surface area contributed by atoms with Gasteiger partial charge in [-0.2, -0.15) is 5.10 Å². The molecule has 0 saturated carbocycles. The molecule has 0 spiro atoms. The Morgan fingerprint density at radius 2 is 2.00 bits per heavy atom. The molecule has 1 rings (SSSR count). The number of alkyl halides is 1. The van der Waals surface area contributed by atoms with E-state index >= 15 is 0 Å². The van der Waals surface area contributed by atoms with Crippen LogP contribution in [0.4, 0.5) is 0 Å². The van der Waals surface area contributed by atoms with Gasteiger partial charge in [-0.3, -0.25) is 4.68 Å². The van der Waals surface area contributed by atoms with Gasteiger partial charge in [-0.1, -0.05) is 20.8 Å². The number of hydrogen-bond donors (Lipinski definition) is 1. The number of aromatic nitrogens is 2. The summed E-state index contributed by atoms with van der Waals surface area (Å²) in [4.78, 5) is 0. The minimum Gasteiger partial charge on any atom is -0.310 e. The Labute approximate surface area is 110 Å². The lowest BCUT2D eigenvalue weighted by molar-refractivity contribution is 0.424. The van der Waals surface area contributed by atoms with Gasteiger partial charge in [0, 0.05) is 24.7 Å². The molecular weight excluding hydrogens is 234 g/mol. The van der Waals surface area contributed by atoms with Crippen LogP contribution in [0.5, 0.6) is 0 Å². The summed E-state index contributed by atoms with van der Waals surface area (Å²) in [6.07, 6.45) is 5.33. The molecule has 17 heavy (non-hydrogen) atoms. The van der Waals surface area contributed by atoms with Crippen LogP contribution in [-0.4, -0.2) is 21.7 Å². The van der Waals surface area contributed by atoms with Gasteiger partial charge in [0.05, 0.1) is 11.7 Å². The summed E-state index contributed by atoms with van der Waals surface area (Å²) in [7, 11) is 0. The first-order valence-corrected chi connectivity index (χ1v) is 7.03. The van der Waals surface area contributed by atoms with Gasteiger partial charge in [-0.25, -0.2) is 0 Å².